The molecule has 240 valence electrons. The Kier molecular flexibility index (Phi) is 10.9. The number of aliphatic carboxylic acids is 1. The third-order valence-electron chi connectivity index (χ3n) is 7.65. The fourth-order valence-corrected chi connectivity index (χ4v) is 5.74. The molecular weight excluding hydrogens is 595 g/mol. The van der Waals surface area contributed by atoms with E-state index >= 15 is 0 Å². The van der Waals surface area contributed by atoms with Gasteiger partial charge in [-0.15, -0.1) is 11.3 Å². The number of alkyl halides is 1. The highest BCUT2D eigenvalue weighted by molar-refractivity contribution is 7.13. The van der Waals surface area contributed by atoms with Crippen molar-refractivity contribution in [1.82, 2.24) is 20.5 Å². The number of hydrogen-bond donors (Lipinski definition) is 4. The molecule has 2 aliphatic rings. The van der Waals surface area contributed by atoms with Gasteiger partial charge in [-0.25, -0.2) is 9.37 Å². The first-order chi connectivity index (χ1) is 20.9. The first kappa shape index (κ1) is 33.3. The molecule has 1 saturated heterocycles. The van der Waals surface area contributed by atoms with Crippen LogP contribution in [0.15, 0.2) is 23.7 Å². The number of hydrogen-bond acceptors (Lipinski definition) is 9. The summed E-state index contributed by atoms with van der Waals surface area (Å²) in [4.78, 5) is 56.5. The lowest BCUT2D eigenvalue weighted by Gasteiger charge is -2.30. The number of carboxylic acids is 1. The Labute approximate surface area is 258 Å². The maximum absolute atomic E-state index is 14.3. The molecule has 1 unspecified atom stereocenters. The summed E-state index contributed by atoms with van der Waals surface area (Å²) in [6, 6.07) is 3.51. The highest BCUT2D eigenvalue weighted by Crippen LogP contribution is 2.40. The van der Waals surface area contributed by atoms with E-state index in [1.165, 1.54) is 16.2 Å². The van der Waals surface area contributed by atoms with Gasteiger partial charge in [-0.3, -0.25) is 19.2 Å². The number of amides is 3. The van der Waals surface area contributed by atoms with Crippen LogP contribution in [0.5, 0.6) is 5.75 Å². The summed E-state index contributed by atoms with van der Waals surface area (Å²) in [6.07, 6.45) is -0.812. The Morgan fingerprint density at radius 1 is 1.20 bits per heavy atom. The summed E-state index contributed by atoms with van der Waals surface area (Å²) in [5, 5.41) is 24.5. The first-order valence-electron chi connectivity index (χ1n) is 14.6. The minimum Gasteiger partial charge on any atom is -0.491 e. The lowest BCUT2D eigenvalue weighted by atomic mass is 10.0. The third-order valence-corrected chi connectivity index (χ3v) is 8.63. The summed E-state index contributed by atoms with van der Waals surface area (Å²) in [5.74, 6) is -2.71. The highest BCUT2D eigenvalue weighted by atomic mass is 32.1. The number of halogens is 1. The zero-order chi connectivity index (χ0) is 32.0. The zero-order valence-corrected chi connectivity index (χ0v) is 25.8. The maximum atomic E-state index is 14.3. The Morgan fingerprint density at radius 2 is 1.95 bits per heavy atom. The number of aryl methyl sites for hydroxylation is 1. The molecule has 0 radical (unpaired) electrons. The topological polar surface area (TPSA) is 167 Å². The highest BCUT2D eigenvalue weighted by Gasteiger charge is 2.52. The van der Waals surface area contributed by atoms with E-state index < -0.39 is 47.5 Å². The second-order valence-corrected chi connectivity index (χ2v) is 12.3. The largest absolute Gasteiger partial charge is 0.491 e. The fourth-order valence-electron chi connectivity index (χ4n) is 4.93. The quantitative estimate of drug-likeness (QED) is 0.215. The second kappa shape index (κ2) is 14.4. The summed E-state index contributed by atoms with van der Waals surface area (Å²) in [6.45, 7) is 5.67. The van der Waals surface area contributed by atoms with Gasteiger partial charge in [0.2, 0.25) is 11.8 Å². The molecule has 0 bridgehead atoms. The average Bonchev–Trinajstić information content (AvgIpc) is 3.39. The lowest BCUT2D eigenvalue weighted by molar-refractivity contribution is -0.143. The number of thiazole rings is 1. The third kappa shape index (κ3) is 8.30. The van der Waals surface area contributed by atoms with Crippen LogP contribution in [0, 0.1) is 12.8 Å². The molecule has 1 aromatic heterocycles. The molecule has 14 heteroatoms. The number of rotatable bonds is 15. The van der Waals surface area contributed by atoms with Crippen LogP contribution in [0.2, 0.25) is 0 Å². The van der Waals surface area contributed by atoms with Crippen LogP contribution in [0.4, 0.5) is 4.39 Å². The van der Waals surface area contributed by atoms with Crippen molar-refractivity contribution in [2.75, 3.05) is 26.4 Å². The van der Waals surface area contributed by atoms with Crippen LogP contribution in [0.3, 0.4) is 0 Å². The molecule has 1 saturated carbocycles. The van der Waals surface area contributed by atoms with E-state index in [4.69, 9.17) is 14.6 Å². The number of nitrogens with zero attached hydrogens (tertiary/aromatic N) is 2. The molecule has 3 amide bonds. The van der Waals surface area contributed by atoms with Crippen molar-refractivity contribution < 1.29 is 43.3 Å². The standard InChI is InChI=1S/C30H39FN4O8S/c1-17(2)25(34-29(41)30(31)7-8-30)28(40)35-15-21(36)13-22(35)27(39)32-14-20-5-4-19(26-18(3)33-16-44-26)12-23(20)43-11-10-42-9-6-24(37)38/h4-5,12,16-17,21-22,25,36H,6-11,13-15H2,1-3H3,(H,32,39)(H,34,41)(H,37,38)/t21-,22+,25?/m1/s1. The molecule has 3 atom stereocenters. The number of carbonyl (C=O) groups excluding carboxylic acids is 3. The Bertz CT molecular complexity index is 1360. The van der Waals surface area contributed by atoms with Gasteiger partial charge in [-0.05, 0) is 37.3 Å². The van der Waals surface area contributed by atoms with E-state index in [-0.39, 0.29) is 64.5 Å². The molecular formula is C30H39FN4O8S. The predicted molar refractivity (Wildman–Crippen MR) is 159 cm³/mol. The zero-order valence-electron chi connectivity index (χ0n) is 25.0. The number of ether oxygens (including phenoxy) is 2. The number of nitrogens with one attached hydrogen (secondary N) is 2. The van der Waals surface area contributed by atoms with Gasteiger partial charge < -0.3 is 35.2 Å². The van der Waals surface area contributed by atoms with Gasteiger partial charge in [0.25, 0.3) is 5.91 Å². The van der Waals surface area contributed by atoms with Crippen molar-refractivity contribution in [3.63, 3.8) is 0 Å². The molecule has 1 aromatic carbocycles. The van der Waals surface area contributed by atoms with E-state index in [9.17, 15) is 28.7 Å². The summed E-state index contributed by atoms with van der Waals surface area (Å²) < 4.78 is 25.6. The molecule has 44 heavy (non-hydrogen) atoms. The van der Waals surface area contributed by atoms with Crippen LogP contribution >= 0.6 is 11.3 Å². The number of likely N-dealkylation sites (tertiary alicyclic amines) is 1. The van der Waals surface area contributed by atoms with Gasteiger partial charge in [0.1, 0.15) is 24.4 Å². The molecule has 4 rings (SSSR count). The minimum atomic E-state index is -1.95. The van der Waals surface area contributed by atoms with Crippen molar-refractivity contribution >= 4 is 35.0 Å². The van der Waals surface area contributed by atoms with Crippen molar-refractivity contribution in [1.29, 1.82) is 0 Å². The molecule has 1 aliphatic carbocycles. The first-order valence-corrected chi connectivity index (χ1v) is 15.5. The average molecular weight is 635 g/mol. The molecule has 1 aliphatic heterocycles. The van der Waals surface area contributed by atoms with Crippen molar-refractivity contribution in [2.45, 2.75) is 76.9 Å². The summed E-state index contributed by atoms with van der Waals surface area (Å²) in [7, 11) is 0. The van der Waals surface area contributed by atoms with Crippen LogP contribution in [0.25, 0.3) is 10.4 Å². The number of benzene rings is 1. The predicted octanol–water partition coefficient (Wildman–Crippen LogP) is 2.21. The number of aliphatic hydroxyl groups excluding tert-OH is 1. The van der Waals surface area contributed by atoms with Gasteiger partial charge in [0.15, 0.2) is 5.67 Å². The number of aromatic nitrogens is 1. The smallest absolute Gasteiger partial charge is 0.305 e. The monoisotopic (exact) mass is 634 g/mol. The normalized spacial score (nSPS) is 19.5. The van der Waals surface area contributed by atoms with Gasteiger partial charge >= 0.3 is 5.97 Å². The van der Waals surface area contributed by atoms with E-state index in [0.717, 1.165) is 16.1 Å². The van der Waals surface area contributed by atoms with Crippen molar-refractivity contribution in [3.8, 4) is 16.2 Å². The number of aliphatic hydroxyl groups is 1. The molecule has 0 spiro atoms. The Balaban J connectivity index is 1.44. The van der Waals surface area contributed by atoms with Crippen molar-refractivity contribution in [3.05, 3.63) is 35.0 Å². The van der Waals surface area contributed by atoms with Crippen LogP contribution in [0.1, 0.15) is 50.8 Å². The van der Waals surface area contributed by atoms with Crippen LogP contribution < -0.4 is 15.4 Å². The van der Waals surface area contributed by atoms with Gasteiger partial charge in [-0.1, -0.05) is 26.0 Å². The van der Waals surface area contributed by atoms with Gasteiger partial charge in [0.05, 0.1) is 41.8 Å². The Morgan fingerprint density at radius 3 is 2.59 bits per heavy atom. The molecule has 2 fully saturated rings. The minimum absolute atomic E-state index is 0.0179. The van der Waals surface area contributed by atoms with E-state index in [0.29, 0.717) is 11.3 Å². The maximum Gasteiger partial charge on any atom is 0.305 e. The molecule has 2 heterocycles. The van der Waals surface area contributed by atoms with Crippen molar-refractivity contribution in [2.24, 2.45) is 5.92 Å². The summed E-state index contributed by atoms with van der Waals surface area (Å²) >= 11 is 1.48. The van der Waals surface area contributed by atoms with Crippen LogP contribution in [-0.4, -0.2) is 94.0 Å². The summed E-state index contributed by atoms with van der Waals surface area (Å²) in [5.41, 5.74) is 2.18. The van der Waals surface area contributed by atoms with E-state index in [1.54, 1.807) is 19.4 Å². The SMILES string of the molecule is Cc1ncsc1-c1ccc(CNC(=O)[C@@H]2C[C@@H](O)CN2C(=O)C(NC(=O)C2(F)CC2)C(C)C)c(OCCOCCC(=O)O)c1. The van der Waals surface area contributed by atoms with Crippen LogP contribution in [-0.2, 0) is 30.5 Å². The van der Waals surface area contributed by atoms with Gasteiger partial charge in [-0.2, -0.15) is 0 Å². The molecule has 12 nitrogen and oxygen atoms in total. The lowest BCUT2D eigenvalue weighted by Crippen LogP contribution is -2.56. The molecule has 4 N–H and O–H groups in total. The number of carboxylic acid groups (broad SMARTS) is 1. The fraction of sp³-hybridized carbons (Fsp3) is 0.567. The Hall–Kier alpha value is -3.62. The van der Waals surface area contributed by atoms with Gasteiger partial charge in [0, 0.05) is 25.1 Å². The van der Waals surface area contributed by atoms with E-state index in [2.05, 4.69) is 15.6 Å². The number of carbonyl (C=O) groups is 4. The number of β-amino-alcohol motifs (C(OH)–C–C–N with tert-alkyl or cyclic N) is 1. The second-order valence-electron chi connectivity index (χ2n) is 11.5. The molecule has 2 aromatic rings. The van der Waals surface area contributed by atoms with E-state index in [1.807, 2.05) is 25.1 Å².